The van der Waals surface area contributed by atoms with Crippen LogP contribution in [-0.2, 0) is 10.2 Å². The second-order valence-corrected chi connectivity index (χ2v) is 4.47. The Bertz CT molecular complexity index is 336. The maximum atomic E-state index is 12.1. The summed E-state index contributed by atoms with van der Waals surface area (Å²) in [5, 5.41) is 0. The standard InChI is InChI=1S/C14H18O/c1-2-7-13(15)14(10-6-11-14)12-8-4-3-5-9-12/h3-5,8-9H,2,6-7,10-11H2,1H3. The Morgan fingerprint density at radius 2 is 1.93 bits per heavy atom. The van der Waals surface area contributed by atoms with Crippen molar-refractivity contribution in [2.75, 3.05) is 0 Å². The zero-order valence-corrected chi connectivity index (χ0v) is 9.33. The Balaban J connectivity index is 2.26. The van der Waals surface area contributed by atoms with Gasteiger partial charge in [-0.15, -0.1) is 0 Å². The molecule has 80 valence electrons. The Kier molecular flexibility index (Phi) is 2.90. The number of hydrogen-bond donors (Lipinski definition) is 0. The van der Waals surface area contributed by atoms with E-state index in [1.807, 2.05) is 18.2 Å². The van der Waals surface area contributed by atoms with Crippen molar-refractivity contribution < 1.29 is 4.79 Å². The third-order valence-corrected chi connectivity index (χ3v) is 3.54. The lowest BCUT2D eigenvalue weighted by Gasteiger charge is -2.41. The van der Waals surface area contributed by atoms with E-state index in [-0.39, 0.29) is 5.41 Å². The van der Waals surface area contributed by atoms with Crippen molar-refractivity contribution in [2.24, 2.45) is 0 Å². The SMILES string of the molecule is CCCC(=O)C1(c2ccccc2)CCC1. The first-order valence-electron chi connectivity index (χ1n) is 5.88. The average molecular weight is 202 g/mol. The Labute approximate surface area is 91.5 Å². The van der Waals surface area contributed by atoms with Gasteiger partial charge in [0.05, 0.1) is 5.41 Å². The minimum Gasteiger partial charge on any atom is -0.299 e. The summed E-state index contributed by atoms with van der Waals surface area (Å²) in [5.41, 5.74) is 1.12. The monoisotopic (exact) mass is 202 g/mol. The van der Waals surface area contributed by atoms with Crippen LogP contribution in [0.3, 0.4) is 0 Å². The number of Topliss-reactive ketones (excluding diaryl/α,β-unsaturated/α-hetero) is 1. The lowest BCUT2D eigenvalue weighted by molar-refractivity contribution is -0.127. The average Bonchev–Trinajstić information content (AvgIpc) is 2.18. The van der Waals surface area contributed by atoms with E-state index in [1.165, 1.54) is 12.0 Å². The van der Waals surface area contributed by atoms with Crippen molar-refractivity contribution in [2.45, 2.75) is 44.4 Å². The van der Waals surface area contributed by atoms with E-state index in [0.717, 1.165) is 25.7 Å². The second kappa shape index (κ2) is 4.18. The fourth-order valence-corrected chi connectivity index (χ4v) is 2.48. The molecule has 15 heavy (non-hydrogen) atoms. The fraction of sp³-hybridized carbons (Fsp3) is 0.500. The highest BCUT2D eigenvalue weighted by atomic mass is 16.1. The van der Waals surface area contributed by atoms with Crippen molar-refractivity contribution in [3.63, 3.8) is 0 Å². The topological polar surface area (TPSA) is 17.1 Å². The smallest absolute Gasteiger partial charge is 0.143 e. The quantitative estimate of drug-likeness (QED) is 0.730. The van der Waals surface area contributed by atoms with Crippen molar-refractivity contribution in [1.29, 1.82) is 0 Å². The third-order valence-electron chi connectivity index (χ3n) is 3.54. The molecule has 0 radical (unpaired) electrons. The van der Waals surface area contributed by atoms with E-state index in [4.69, 9.17) is 0 Å². The highest BCUT2D eigenvalue weighted by Gasteiger charge is 2.44. The summed E-state index contributed by atoms with van der Waals surface area (Å²) in [7, 11) is 0. The van der Waals surface area contributed by atoms with Crippen LogP contribution < -0.4 is 0 Å². The van der Waals surface area contributed by atoms with Gasteiger partial charge in [-0.3, -0.25) is 4.79 Å². The van der Waals surface area contributed by atoms with Gasteiger partial charge in [0.2, 0.25) is 0 Å². The summed E-state index contributed by atoms with van der Waals surface area (Å²) in [5.74, 6) is 0.447. The Hall–Kier alpha value is -1.11. The van der Waals surface area contributed by atoms with Crippen molar-refractivity contribution >= 4 is 5.78 Å². The van der Waals surface area contributed by atoms with Crippen LogP contribution in [-0.4, -0.2) is 5.78 Å². The van der Waals surface area contributed by atoms with Crippen LogP contribution in [0.1, 0.15) is 44.6 Å². The molecule has 0 unspecified atom stereocenters. The van der Waals surface area contributed by atoms with Gasteiger partial charge in [0.15, 0.2) is 0 Å². The van der Waals surface area contributed by atoms with Gasteiger partial charge in [-0.2, -0.15) is 0 Å². The predicted molar refractivity (Wildman–Crippen MR) is 61.9 cm³/mol. The molecule has 1 aromatic carbocycles. The fourth-order valence-electron chi connectivity index (χ4n) is 2.48. The van der Waals surface area contributed by atoms with E-state index in [1.54, 1.807) is 0 Å². The minimum absolute atomic E-state index is 0.114. The van der Waals surface area contributed by atoms with Gasteiger partial charge in [0.1, 0.15) is 5.78 Å². The summed E-state index contributed by atoms with van der Waals surface area (Å²) >= 11 is 0. The molecule has 0 atom stereocenters. The lowest BCUT2D eigenvalue weighted by Crippen LogP contribution is -2.42. The van der Waals surface area contributed by atoms with Crippen LogP contribution >= 0.6 is 0 Å². The van der Waals surface area contributed by atoms with Crippen molar-refractivity contribution in [3.05, 3.63) is 35.9 Å². The summed E-state index contributed by atoms with van der Waals surface area (Å²) < 4.78 is 0. The molecular formula is C14H18O. The normalized spacial score (nSPS) is 18.2. The molecule has 2 rings (SSSR count). The van der Waals surface area contributed by atoms with Crippen LogP contribution in [0.5, 0.6) is 0 Å². The third kappa shape index (κ3) is 1.71. The summed E-state index contributed by atoms with van der Waals surface area (Å²) in [6, 6.07) is 10.3. The zero-order chi connectivity index (χ0) is 10.7. The molecule has 0 N–H and O–H groups in total. The van der Waals surface area contributed by atoms with E-state index < -0.39 is 0 Å². The molecule has 0 amide bonds. The predicted octanol–water partition coefficient (Wildman–Crippen LogP) is 3.48. The van der Waals surface area contributed by atoms with Gasteiger partial charge < -0.3 is 0 Å². The molecule has 1 heteroatoms. The van der Waals surface area contributed by atoms with Crippen LogP contribution in [0, 0.1) is 0 Å². The number of ketones is 1. The lowest BCUT2D eigenvalue weighted by atomic mass is 9.61. The van der Waals surface area contributed by atoms with E-state index in [9.17, 15) is 4.79 Å². The molecule has 0 aromatic heterocycles. The van der Waals surface area contributed by atoms with Gasteiger partial charge in [0, 0.05) is 6.42 Å². The number of hydrogen-bond acceptors (Lipinski definition) is 1. The van der Waals surface area contributed by atoms with E-state index in [2.05, 4.69) is 19.1 Å². The van der Waals surface area contributed by atoms with Gasteiger partial charge in [-0.1, -0.05) is 43.7 Å². The molecule has 1 nitrogen and oxygen atoms in total. The zero-order valence-electron chi connectivity index (χ0n) is 9.33. The first-order chi connectivity index (χ1) is 7.29. The number of rotatable bonds is 4. The molecule has 1 fully saturated rings. The first-order valence-corrected chi connectivity index (χ1v) is 5.88. The molecule has 0 bridgehead atoms. The summed E-state index contributed by atoms with van der Waals surface area (Å²) in [4.78, 5) is 12.1. The molecule has 0 saturated heterocycles. The van der Waals surface area contributed by atoms with Gasteiger partial charge >= 0.3 is 0 Å². The van der Waals surface area contributed by atoms with Crippen LogP contribution in [0.4, 0.5) is 0 Å². The molecule has 1 aromatic rings. The Morgan fingerprint density at radius 1 is 1.27 bits per heavy atom. The molecule has 1 saturated carbocycles. The molecule has 0 spiro atoms. The second-order valence-electron chi connectivity index (χ2n) is 4.47. The molecule has 0 heterocycles. The first kappa shape index (κ1) is 10.4. The van der Waals surface area contributed by atoms with Gasteiger partial charge in [0.25, 0.3) is 0 Å². The molecular weight excluding hydrogens is 184 g/mol. The maximum Gasteiger partial charge on any atom is 0.143 e. The van der Waals surface area contributed by atoms with Gasteiger partial charge in [-0.05, 0) is 24.8 Å². The number of carbonyl (C=O) groups is 1. The van der Waals surface area contributed by atoms with Crippen LogP contribution in [0.15, 0.2) is 30.3 Å². The summed E-state index contributed by atoms with van der Waals surface area (Å²) in [6.45, 7) is 2.08. The largest absolute Gasteiger partial charge is 0.299 e. The van der Waals surface area contributed by atoms with E-state index in [0.29, 0.717) is 5.78 Å². The van der Waals surface area contributed by atoms with Crippen molar-refractivity contribution in [3.8, 4) is 0 Å². The highest BCUT2D eigenvalue weighted by molar-refractivity contribution is 5.91. The molecule has 0 aliphatic heterocycles. The summed E-state index contributed by atoms with van der Waals surface area (Å²) in [6.07, 6.45) is 5.00. The highest BCUT2D eigenvalue weighted by Crippen LogP contribution is 2.45. The number of carbonyl (C=O) groups excluding carboxylic acids is 1. The minimum atomic E-state index is -0.114. The van der Waals surface area contributed by atoms with E-state index >= 15 is 0 Å². The number of benzene rings is 1. The Morgan fingerprint density at radius 3 is 2.40 bits per heavy atom. The van der Waals surface area contributed by atoms with Crippen LogP contribution in [0.2, 0.25) is 0 Å². The van der Waals surface area contributed by atoms with Gasteiger partial charge in [-0.25, -0.2) is 0 Å². The van der Waals surface area contributed by atoms with Crippen LogP contribution in [0.25, 0.3) is 0 Å². The van der Waals surface area contributed by atoms with Crippen molar-refractivity contribution in [1.82, 2.24) is 0 Å². The molecule has 1 aliphatic carbocycles. The molecule has 1 aliphatic rings. The maximum absolute atomic E-state index is 12.1.